The standard InChI is InChI=1S/C7H3F2NS/c8-4-1-2-5-7(6(4)9)10-3-11-5/h1-3H. The van der Waals surface area contributed by atoms with Crippen molar-refractivity contribution < 1.29 is 8.78 Å². The van der Waals surface area contributed by atoms with Gasteiger partial charge in [-0.15, -0.1) is 11.3 Å². The van der Waals surface area contributed by atoms with E-state index in [1.807, 2.05) is 0 Å². The van der Waals surface area contributed by atoms with Crippen molar-refractivity contribution in [3.8, 4) is 0 Å². The van der Waals surface area contributed by atoms with Gasteiger partial charge in [-0.1, -0.05) is 0 Å². The summed E-state index contributed by atoms with van der Waals surface area (Å²) in [5, 5.41) is 0. The molecule has 0 spiro atoms. The number of rotatable bonds is 0. The van der Waals surface area contributed by atoms with Crippen molar-refractivity contribution in [1.82, 2.24) is 4.98 Å². The Morgan fingerprint density at radius 2 is 2.09 bits per heavy atom. The molecule has 1 heterocycles. The Bertz CT molecular complexity index is 396. The molecule has 4 heteroatoms. The Labute approximate surface area is 65.3 Å². The van der Waals surface area contributed by atoms with Crippen LogP contribution in [0.2, 0.25) is 0 Å². The number of halogens is 2. The molecule has 0 fully saturated rings. The third-order valence-corrected chi connectivity index (χ3v) is 2.19. The Kier molecular flexibility index (Phi) is 1.35. The van der Waals surface area contributed by atoms with Gasteiger partial charge in [0.1, 0.15) is 5.52 Å². The molecule has 1 aromatic carbocycles. The molecule has 0 saturated carbocycles. The van der Waals surface area contributed by atoms with Crippen LogP contribution in [0.1, 0.15) is 0 Å². The third kappa shape index (κ3) is 0.903. The lowest BCUT2D eigenvalue weighted by Crippen LogP contribution is -1.83. The lowest BCUT2D eigenvalue weighted by molar-refractivity contribution is 0.515. The average Bonchev–Trinajstić information content (AvgIpc) is 2.45. The highest BCUT2D eigenvalue weighted by Crippen LogP contribution is 2.21. The van der Waals surface area contributed by atoms with Crippen LogP contribution in [-0.2, 0) is 0 Å². The molecule has 0 N–H and O–H groups in total. The van der Waals surface area contributed by atoms with Crippen molar-refractivity contribution >= 4 is 21.6 Å². The molecule has 0 atom stereocenters. The van der Waals surface area contributed by atoms with Crippen molar-refractivity contribution in [3.05, 3.63) is 29.3 Å². The minimum absolute atomic E-state index is 0.120. The largest absolute Gasteiger partial charge is 0.241 e. The zero-order valence-corrected chi connectivity index (χ0v) is 6.16. The van der Waals surface area contributed by atoms with Crippen LogP contribution in [0.15, 0.2) is 17.6 Å². The van der Waals surface area contributed by atoms with E-state index in [1.165, 1.54) is 22.9 Å². The first kappa shape index (κ1) is 6.67. The fourth-order valence-corrected chi connectivity index (χ4v) is 1.55. The lowest BCUT2D eigenvalue weighted by atomic mass is 10.3. The fourth-order valence-electron chi connectivity index (χ4n) is 0.873. The van der Waals surface area contributed by atoms with Gasteiger partial charge < -0.3 is 0 Å². The summed E-state index contributed by atoms with van der Waals surface area (Å²) in [5.41, 5.74) is 1.61. The first-order valence-electron chi connectivity index (χ1n) is 2.96. The molecule has 0 amide bonds. The summed E-state index contributed by atoms with van der Waals surface area (Å²) in [6.07, 6.45) is 0. The van der Waals surface area contributed by atoms with Gasteiger partial charge in [0.05, 0.1) is 10.2 Å². The Morgan fingerprint density at radius 3 is 2.91 bits per heavy atom. The first-order chi connectivity index (χ1) is 5.29. The molecule has 0 aliphatic heterocycles. The quantitative estimate of drug-likeness (QED) is 0.593. The minimum atomic E-state index is -0.858. The molecule has 0 aliphatic carbocycles. The number of aromatic nitrogens is 1. The smallest absolute Gasteiger partial charge is 0.185 e. The molecule has 11 heavy (non-hydrogen) atoms. The molecule has 0 radical (unpaired) electrons. The second kappa shape index (κ2) is 2.23. The normalized spacial score (nSPS) is 10.7. The monoisotopic (exact) mass is 171 g/mol. The number of fused-ring (bicyclic) bond motifs is 1. The highest BCUT2D eigenvalue weighted by molar-refractivity contribution is 7.16. The molecule has 2 aromatic rings. The number of hydrogen-bond acceptors (Lipinski definition) is 2. The molecular formula is C7H3F2NS. The molecule has 1 nitrogen and oxygen atoms in total. The Morgan fingerprint density at radius 1 is 1.27 bits per heavy atom. The predicted octanol–water partition coefficient (Wildman–Crippen LogP) is 2.57. The summed E-state index contributed by atoms with van der Waals surface area (Å²) in [6.45, 7) is 0. The van der Waals surface area contributed by atoms with Gasteiger partial charge in [-0.3, -0.25) is 0 Å². The minimum Gasteiger partial charge on any atom is -0.241 e. The van der Waals surface area contributed by atoms with E-state index >= 15 is 0 Å². The topological polar surface area (TPSA) is 12.9 Å². The molecule has 0 bridgehead atoms. The summed E-state index contributed by atoms with van der Waals surface area (Å²) in [7, 11) is 0. The maximum absolute atomic E-state index is 12.8. The zero-order chi connectivity index (χ0) is 7.84. The summed E-state index contributed by atoms with van der Waals surface area (Å²) in [6, 6.07) is 2.63. The molecule has 56 valence electrons. The first-order valence-corrected chi connectivity index (χ1v) is 3.84. The number of hydrogen-bond donors (Lipinski definition) is 0. The van der Waals surface area contributed by atoms with Gasteiger partial charge in [-0.2, -0.15) is 0 Å². The van der Waals surface area contributed by atoms with Crippen LogP contribution in [0.5, 0.6) is 0 Å². The van der Waals surface area contributed by atoms with E-state index in [0.717, 1.165) is 6.07 Å². The second-order valence-electron chi connectivity index (χ2n) is 2.06. The van der Waals surface area contributed by atoms with Gasteiger partial charge >= 0.3 is 0 Å². The van der Waals surface area contributed by atoms with Crippen LogP contribution in [0.3, 0.4) is 0 Å². The van der Waals surface area contributed by atoms with E-state index in [9.17, 15) is 8.78 Å². The van der Waals surface area contributed by atoms with E-state index in [4.69, 9.17) is 0 Å². The molecular weight excluding hydrogens is 168 g/mol. The van der Waals surface area contributed by atoms with Gasteiger partial charge in [0.25, 0.3) is 0 Å². The average molecular weight is 171 g/mol. The zero-order valence-electron chi connectivity index (χ0n) is 5.34. The van der Waals surface area contributed by atoms with Crippen LogP contribution < -0.4 is 0 Å². The van der Waals surface area contributed by atoms with E-state index in [2.05, 4.69) is 4.98 Å². The summed E-state index contributed by atoms with van der Waals surface area (Å²) >= 11 is 1.29. The summed E-state index contributed by atoms with van der Waals surface area (Å²) in [4.78, 5) is 3.68. The number of thiazole rings is 1. The van der Waals surface area contributed by atoms with Crippen LogP contribution in [0.4, 0.5) is 8.78 Å². The van der Waals surface area contributed by atoms with E-state index in [0.29, 0.717) is 4.70 Å². The van der Waals surface area contributed by atoms with E-state index in [1.54, 1.807) is 0 Å². The molecule has 0 aliphatic rings. The van der Waals surface area contributed by atoms with Gasteiger partial charge in [-0.25, -0.2) is 13.8 Å². The van der Waals surface area contributed by atoms with Crippen LogP contribution in [-0.4, -0.2) is 4.98 Å². The van der Waals surface area contributed by atoms with Gasteiger partial charge in [0, 0.05) is 0 Å². The second-order valence-corrected chi connectivity index (χ2v) is 2.95. The Hall–Kier alpha value is -1.03. The summed E-state index contributed by atoms with van der Waals surface area (Å²) < 4.78 is 26.0. The number of nitrogens with zero attached hydrogens (tertiary/aromatic N) is 1. The SMILES string of the molecule is Fc1ccc2scnc2c1F. The van der Waals surface area contributed by atoms with Gasteiger partial charge in [0.15, 0.2) is 11.6 Å². The van der Waals surface area contributed by atoms with Crippen LogP contribution >= 0.6 is 11.3 Å². The van der Waals surface area contributed by atoms with Crippen molar-refractivity contribution in [1.29, 1.82) is 0 Å². The van der Waals surface area contributed by atoms with Crippen LogP contribution in [0, 0.1) is 11.6 Å². The maximum atomic E-state index is 12.8. The molecule has 0 saturated heterocycles. The molecule has 2 rings (SSSR count). The molecule has 1 aromatic heterocycles. The summed E-state index contributed by atoms with van der Waals surface area (Å²) in [5.74, 6) is -1.70. The van der Waals surface area contributed by atoms with Gasteiger partial charge in [0.2, 0.25) is 0 Å². The number of benzene rings is 1. The maximum Gasteiger partial charge on any atom is 0.185 e. The fraction of sp³-hybridized carbons (Fsp3) is 0. The predicted molar refractivity (Wildman–Crippen MR) is 39.5 cm³/mol. The molecule has 0 unspecified atom stereocenters. The highest BCUT2D eigenvalue weighted by Gasteiger charge is 2.07. The van der Waals surface area contributed by atoms with Crippen molar-refractivity contribution in [3.63, 3.8) is 0 Å². The van der Waals surface area contributed by atoms with Crippen molar-refractivity contribution in [2.45, 2.75) is 0 Å². The van der Waals surface area contributed by atoms with Crippen LogP contribution in [0.25, 0.3) is 10.2 Å². The van der Waals surface area contributed by atoms with E-state index in [-0.39, 0.29) is 5.52 Å². The van der Waals surface area contributed by atoms with Crippen molar-refractivity contribution in [2.24, 2.45) is 0 Å². The van der Waals surface area contributed by atoms with E-state index < -0.39 is 11.6 Å². The van der Waals surface area contributed by atoms with Gasteiger partial charge in [-0.05, 0) is 12.1 Å². The van der Waals surface area contributed by atoms with Crippen molar-refractivity contribution in [2.75, 3.05) is 0 Å². The highest BCUT2D eigenvalue weighted by atomic mass is 32.1. The third-order valence-electron chi connectivity index (χ3n) is 1.39. The Balaban J connectivity index is 2.93. The lowest BCUT2D eigenvalue weighted by Gasteiger charge is -1.90.